The predicted molar refractivity (Wildman–Crippen MR) is 80.7 cm³/mol. The third-order valence-electron chi connectivity index (χ3n) is 3.46. The summed E-state index contributed by atoms with van der Waals surface area (Å²) in [7, 11) is 1.47. The number of thioether (sulfide) groups is 1. The summed E-state index contributed by atoms with van der Waals surface area (Å²) in [4.78, 5) is 16.7. The number of hydrogen-bond acceptors (Lipinski definition) is 5. The van der Waals surface area contributed by atoms with Gasteiger partial charge in [-0.15, -0.1) is 11.8 Å². The third-order valence-corrected chi connectivity index (χ3v) is 4.59. The molecule has 1 aromatic rings. The molecule has 2 rings (SSSR count). The van der Waals surface area contributed by atoms with E-state index in [0.29, 0.717) is 11.7 Å². The minimum Gasteiger partial charge on any atom is -0.468 e. The number of esters is 1. The highest BCUT2D eigenvalue weighted by Gasteiger charge is 2.52. The fourth-order valence-electron chi connectivity index (χ4n) is 2.46. The van der Waals surface area contributed by atoms with Crippen molar-refractivity contribution in [3.63, 3.8) is 0 Å². The standard InChI is InChI=1S/C15H22N2O2S/c1-11(2)17-15(12-7-8-12,14(18)19-3)10-20-13-6-4-5-9-16-13/h4-6,9,11-12,17H,7-8,10H2,1-3H3. The number of aromatic nitrogens is 1. The SMILES string of the molecule is COC(=O)C(CSc1ccccn1)(NC(C)C)C1CC1. The van der Waals surface area contributed by atoms with Gasteiger partial charge in [0, 0.05) is 18.0 Å². The van der Waals surface area contributed by atoms with Gasteiger partial charge in [0.05, 0.1) is 12.1 Å². The van der Waals surface area contributed by atoms with Gasteiger partial charge < -0.3 is 4.74 Å². The molecule has 0 saturated heterocycles. The van der Waals surface area contributed by atoms with Crippen molar-refractivity contribution in [2.75, 3.05) is 12.9 Å². The maximum absolute atomic E-state index is 12.4. The summed E-state index contributed by atoms with van der Waals surface area (Å²) in [6.07, 6.45) is 3.93. The zero-order chi connectivity index (χ0) is 14.6. The summed E-state index contributed by atoms with van der Waals surface area (Å²) in [6, 6.07) is 6.06. The Bertz CT molecular complexity index is 448. The number of methoxy groups -OCH3 is 1. The van der Waals surface area contributed by atoms with Crippen LogP contribution >= 0.6 is 11.8 Å². The summed E-state index contributed by atoms with van der Waals surface area (Å²) >= 11 is 1.61. The van der Waals surface area contributed by atoms with Crippen LogP contribution in [0.1, 0.15) is 26.7 Å². The third kappa shape index (κ3) is 3.52. The minimum absolute atomic E-state index is 0.155. The Hall–Kier alpha value is -1.07. The van der Waals surface area contributed by atoms with Gasteiger partial charge in [-0.25, -0.2) is 4.98 Å². The summed E-state index contributed by atoms with van der Waals surface area (Å²) in [6.45, 7) is 4.12. The molecule has 1 aliphatic rings. The monoisotopic (exact) mass is 294 g/mol. The van der Waals surface area contributed by atoms with Gasteiger partial charge >= 0.3 is 5.97 Å². The Balaban J connectivity index is 2.14. The second-order valence-electron chi connectivity index (χ2n) is 5.49. The van der Waals surface area contributed by atoms with Crippen molar-refractivity contribution in [2.24, 2.45) is 5.92 Å². The summed E-state index contributed by atoms with van der Waals surface area (Å²) in [5.74, 6) is 0.866. The lowest BCUT2D eigenvalue weighted by atomic mass is 9.94. The molecule has 1 fully saturated rings. The van der Waals surface area contributed by atoms with E-state index in [-0.39, 0.29) is 12.0 Å². The first-order valence-corrected chi connectivity index (χ1v) is 7.97. The van der Waals surface area contributed by atoms with Gasteiger partial charge in [-0.05, 0) is 44.7 Å². The average molecular weight is 294 g/mol. The van der Waals surface area contributed by atoms with Crippen LogP contribution in [0, 0.1) is 5.92 Å². The van der Waals surface area contributed by atoms with E-state index in [9.17, 15) is 4.79 Å². The second kappa shape index (κ2) is 6.59. The molecule has 0 aliphatic heterocycles. The number of carbonyl (C=O) groups excluding carboxylic acids is 1. The number of hydrogen-bond donors (Lipinski definition) is 1. The van der Waals surface area contributed by atoms with Crippen LogP contribution in [0.5, 0.6) is 0 Å². The number of rotatable bonds is 7. The van der Waals surface area contributed by atoms with Crippen LogP contribution in [0.25, 0.3) is 0 Å². The van der Waals surface area contributed by atoms with Gasteiger partial charge in [0.2, 0.25) is 0 Å². The van der Waals surface area contributed by atoms with Crippen molar-refractivity contribution in [3.8, 4) is 0 Å². The first-order valence-electron chi connectivity index (χ1n) is 6.98. The van der Waals surface area contributed by atoms with E-state index in [2.05, 4.69) is 24.1 Å². The van der Waals surface area contributed by atoms with Gasteiger partial charge in [0.15, 0.2) is 0 Å². The van der Waals surface area contributed by atoms with Crippen LogP contribution in [-0.2, 0) is 9.53 Å². The zero-order valence-electron chi connectivity index (χ0n) is 12.3. The maximum Gasteiger partial charge on any atom is 0.327 e. The highest BCUT2D eigenvalue weighted by atomic mass is 32.2. The van der Waals surface area contributed by atoms with E-state index in [1.54, 1.807) is 18.0 Å². The van der Waals surface area contributed by atoms with E-state index in [0.717, 1.165) is 17.9 Å². The maximum atomic E-state index is 12.4. The summed E-state index contributed by atoms with van der Waals surface area (Å²) in [5, 5.41) is 4.39. The van der Waals surface area contributed by atoms with Crippen LogP contribution < -0.4 is 5.32 Å². The van der Waals surface area contributed by atoms with Gasteiger partial charge in [0.25, 0.3) is 0 Å². The first-order chi connectivity index (χ1) is 9.58. The number of nitrogens with one attached hydrogen (secondary N) is 1. The molecular formula is C15H22N2O2S. The van der Waals surface area contributed by atoms with Crippen molar-refractivity contribution >= 4 is 17.7 Å². The Morgan fingerprint density at radius 1 is 1.55 bits per heavy atom. The Morgan fingerprint density at radius 3 is 2.80 bits per heavy atom. The van der Waals surface area contributed by atoms with E-state index in [1.165, 1.54) is 7.11 Å². The molecule has 4 nitrogen and oxygen atoms in total. The first kappa shape index (κ1) is 15.3. The van der Waals surface area contributed by atoms with Crippen molar-refractivity contribution in [3.05, 3.63) is 24.4 Å². The smallest absolute Gasteiger partial charge is 0.327 e. The molecule has 0 aromatic carbocycles. The number of ether oxygens (including phenoxy) is 1. The zero-order valence-corrected chi connectivity index (χ0v) is 13.1. The van der Waals surface area contributed by atoms with E-state index in [4.69, 9.17) is 4.74 Å². The van der Waals surface area contributed by atoms with Crippen LogP contribution in [0.15, 0.2) is 29.4 Å². The van der Waals surface area contributed by atoms with Crippen LogP contribution in [0.4, 0.5) is 0 Å². The second-order valence-corrected chi connectivity index (χ2v) is 6.49. The van der Waals surface area contributed by atoms with Crippen LogP contribution in [-0.4, -0.2) is 35.4 Å². The normalized spacial score (nSPS) is 17.8. The molecule has 0 amide bonds. The lowest BCUT2D eigenvalue weighted by Gasteiger charge is -2.34. The molecule has 110 valence electrons. The molecule has 5 heteroatoms. The molecule has 1 atom stereocenters. The van der Waals surface area contributed by atoms with Crippen molar-refractivity contribution < 1.29 is 9.53 Å². The fraction of sp³-hybridized carbons (Fsp3) is 0.600. The van der Waals surface area contributed by atoms with Crippen LogP contribution in [0.3, 0.4) is 0 Å². The molecular weight excluding hydrogens is 272 g/mol. The van der Waals surface area contributed by atoms with Gasteiger partial charge in [-0.3, -0.25) is 10.1 Å². The van der Waals surface area contributed by atoms with E-state index >= 15 is 0 Å². The molecule has 0 spiro atoms. The highest BCUT2D eigenvalue weighted by molar-refractivity contribution is 7.99. The topological polar surface area (TPSA) is 51.2 Å². The molecule has 1 unspecified atom stereocenters. The molecule has 0 radical (unpaired) electrons. The predicted octanol–water partition coefficient (Wildman–Crippen LogP) is 2.49. The summed E-state index contributed by atoms with van der Waals surface area (Å²) in [5.41, 5.74) is -0.592. The Labute approximate surface area is 124 Å². The van der Waals surface area contributed by atoms with Crippen molar-refractivity contribution in [1.29, 1.82) is 0 Å². The highest BCUT2D eigenvalue weighted by Crippen LogP contribution is 2.43. The van der Waals surface area contributed by atoms with Gasteiger partial charge in [-0.1, -0.05) is 6.07 Å². The van der Waals surface area contributed by atoms with Crippen LogP contribution in [0.2, 0.25) is 0 Å². The number of carbonyl (C=O) groups is 1. The average Bonchev–Trinajstić information content (AvgIpc) is 3.28. The van der Waals surface area contributed by atoms with E-state index < -0.39 is 5.54 Å². The largest absolute Gasteiger partial charge is 0.468 e. The molecule has 1 saturated carbocycles. The number of pyridine rings is 1. The molecule has 1 aromatic heterocycles. The Kier molecular flexibility index (Phi) is 5.05. The fourth-order valence-corrected chi connectivity index (χ4v) is 3.58. The molecule has 20 heavy (non-hydrogen) atoms. The Morgan fingerprint density at radius 2 is 2.30 bits per heavy atom. The lowest BCUT2D eigenvalue weighted by Crippen LogP contribution is -2.59. The van der Waals surface area contributed by atoms with E-state index in [1.807, 2.05) is 18.2 Å². The quantitative estimate of drug-likeness (QED) is 0.618. The molecule has 1 aliphatic carbocycles. The summed E-state index contributed by atoms with van der Waals surface area (Å²) < 4.78 is 5.07. The van der Waals surface area contributed by atoms with Crippen molar-refractivity contribution in [1.82, 2.24) is 10.3 Å². The molecule has 0 bridgehead atoms. The van der Waals surface area contributed by atoms with Gasteiger partial charge in [-0.2, -0.15) is 0 Å². The molecule has 1 N–H and O–H groups in total. The lowest BCUT2D eigenvalue weighted by molar-refractivity contribution is -0.148. The minimum atomic E-state index is -0.592. The van der Waals surface area contributed by atoms with Crippen molar-refractivity contribution in [2.45, 2.75) is 43.3 Å². The number of nitrogens with zero attached hydrogens (tertiary/aromatic N) is 1. The molecule has 1 heterocycles. The van der Waals surface area contributed by atoms with Gasteiger partial charge in [0.1, 0.15) is 5.54 Å².